The second-order valence-corrected chi connectivity index (χ2v) is 6.07. The molecule has 0 spiro atoms. The first kappa shape index (κ1) is 18.4. The van der Waals surface area contributed by atoms with Crippen molar-refractivity contribution in [1.82, 2.24) is 15.9 Å². The van der Waals surface area contributed by atoms with Crippen molar-refractivity contribution in [2.75, 3.05) is 6.54 Å². The van der Waals surface area contributed by atoms with Crippen LogP contribution in [0.2, 0.25) is 0 Å². The standard InChI is InChI=1S/C17H25N3O4/c1-13(19-24-12-14-7-3-2-4-8-14)11-16(21)18-15-9-5-6-10-20(23)17(15)22/h2-4,7-8,13,15,19,23H,5-6,9-12H2,1H3,(H,18,21)/t13-,15+/m1/s1. The molecule has 3 N–H and O–H groups in total. The van der Waals surface area contributed by atoms with Crippen molar-refractivity contribution in [2.45, 2.75) is 51.3 Å². The van der Waals surface area contributed by atoms with Crippen LogP contribution in [0, 0.1) is 0 Å². The number of carbonyl (C=O) groups excluding carboxylic acids is 2. The lowest BCUT2D eigenvalue weighted by Crippen LogP contribution is -2.47. The second kappa shape index (κ2) is 9.36. The summed E-state index contributed by atoms with van der Waals surface area (Å²) in [7, 11) is 0. The molecule has 132 valence electrons. The summed E-state index contributed by atoms with van der Waals surface area (Å²) in [5.41, 5.74) is 3.86. The van der Waals surface area contributed by atoms with Gasteiger partial charge in [-0.25, -0.2) is 5.06 Å². The Morgan fingerprint density at radius 1 is 1.38 bits per heavy atom. The summed E-state index contributed by atoms with van der Waals surface area (Å²) in [5.74, 6) is -0.686. The topological polar surface area (TPSA) is 90.9 Å². The molecule has 7 heteroatoms. The second-order valence-electron chi connectivity index (χ2n) is 6.07. The molecule has 1 fully saturated rings. The quantitative estimate of drug-likeness (QED) is 0.517. The molecule has 0 aliphatic carbocycles. The highest BCUT2D eigenvalue weighted by Crippen LogP contribution is 2.11. The number of carbonyl (C=O) groups is 2. The van der Waals surface area contributed by atoms with Gasteiger partial charge in [0.05, 0.1) is 6.61 Å². The number of nitrogens with zero attached hydrogens (tertiary/aromatic N) is 1. The molecule has 1 saturated heterocycles. The maximum Gasteiger partial charge on any atom is 0.268 e. The fourth-order valence-electron chi connectivity index (χ4n) is 2.57. The van der Waals surface area contributed by atoms with E-state index in [1.807, 2.05) is 37.3 Å². The van der Waals surface area contributed by atoms with E-state index < -0.39 is 11.9 Å². The van der Waals surface area contributed by atoms with Gasteiger partial charge in [0.15, 0.2) is 0 Å². The van der Waals surface area contributed by atoms with Crippen LogP contribution in [0.1, 0.15) is 38.2 Å². The first-order chi connectivity index (χ1) is 11.6. The van der Waals surface area contributed by atoms with Crippen molar-refractivity contribution in [1.29, 1.82) is 0 Å². The van der Waals surface area contributed by atoms with Crippen molar-refractivity contribution in [2.24, 2.45) is 0 Å². The lowest BCUT2D eigenvalue weighted by Gasteiger charge is -2.20. The number of nitrogens with one attached hydrogen (secondary N) is 2. The molecule has 1 heterocycles. The molecular formula is C17H25N3O4. The van der Waals surface area contributed by atoms with E-state index in [2.05, 4.69) is 10.8 Å². The summed E-state index contributed by atoms with van der Waals surface area (Å²) in [4.78, 5) is 29.4. The largest absolute Gasteiger partial charge is 0.344 e. The first-order valence-corrected chi connectivity index (χ1v) is 8.27. The van der Waals surface area contributed by atoms with Gasteiger partial charge in [-0.05, 0) is 31.7 Å². The van der Waals surface area contributed by atoms with E-state index in [9.17, 15) is 14.8 Å². The summed E-state index contributed by atoms with van der Waals surface area (Å²) in [6.45, 7) is 2.56. The molecule has 0 unspecified atom stereocenters. The van der Waals surface area contributed by atoms with Gasteiger partial charge in [-0.2, -0.15) is 5.48 Å². The van der Waals surface area contributed by atoms with Gasteiger partial charge in [-0.1, -0.05) is 30.3 Å². The molecular weight excluding hydrogens is 310 g/mol. The average Bonchev–Trinajstić information content (AvgIpc) is 2.71. The predicted molar refractivity (Wildman–Crippen MR) is 87.7 cm³/mol. The number of rotatable bonds is 7. The monoisotopic (exact) mass is 335 g/mol. The molecule has 1 aliphatic heterocycles. The van der Waals surface area contributed by atoms with Crippen LogP contribution in [0.25, 0.3) is 0 Å². The zero-order valence-corrected chi connectivity index (χ0v) is 13.9. The minimum absolute atomic E-state index is 0.185. The Balaban J connectivity index is 1.70. The van der Waals surface area contributed by atoms with Crippen LogP contribution in [0.4, 0.5) is 0 Å². The van der Waals surface area contributed by atoms with Crippen LogP contribution in [-0.4, -0.2) is 40.7 Å². The summed E-state index contributed by atoms with van der Waals surface area (Å²) in [6, 6.07) is 8.87. The van der Waals surface area contributed by atoms with E-state index in [0.29, 0.717) is 24.6 Å². The fraction of sp³-hybridized carbons (Fsp3) is 0.529. The summed E-state index contributed by atoms with van der Waals surface area (Å²) >= 11 is 0. The molecule has 0 aromatic heterocycles. The Kier molecular flexibility index (Phi) is 7.17. The van der Waals surface area contributed by atoms with Gasteiger partial charge in [0, 0.05) is 19.0 Å². The SMILES string of the molecule is C[C@H](CC(=O)N[C@H]1CCCCN(O)C1=O)NOCc1ccccc1. The highest BCUT2D eigenvalue weighted by molar-refractivity contribution is 5.87. The van der Waals surface area contributed by atoms with Gasteiger partial charge < -0.3 is 5.32 Å². The van der Waals surface area contributed by atoms with Crippen molar-refractivity contribution in [3.05, 3.63) is 35.9 Å². The third-order valence-corrected chi connectivity index (χ3v) is 3.86. The Labute approximate surface area is 141 Å². The molecule has 1 aromatic carbocycles. The number of amides is 2. The van der Waals surface area contributed by atoms with Crippen molar-refractivity contribution < 1.29 is 19.6 Å². The van der Waals surface area contributed by atoms with Gasteiger partial charge in [-0.3, -0.25) is 19.6 Å². The number of hydroxylamine groups is 3. The molecule has 2 atom stereocenters. The van der Waals surface area contributed by atoms with E-state index in [0.717, 1.165) is 18.4 Å². The predicted octanol–water partition coefficient (Wildman–Crippen LogP) is 1.37. The number of benzene rings is 1. The summed E-state index contributed by atoms with van der Waals surface area (Å²) in [6.07, 6.45) is 2.26. The van der Waals surface area contributed by atoms with Gasteiger partial charge in [0.1, 0.15) is 6.04 Å². The minimum Gasteiger partial charge on any atom is -0.344 e. The molecule has 1 aliphatic rings. The number of hydrogen-bond donors (Lipinski definition) is 3. The Morgan fingerprint density at radius 3 is 2.88 bits per heavy atom. The Hall–Kier alpha value is -1.96. The Bertz CT molecular complexity index is 538. The van der Waals surface area contributed by atoms with Crippen LogP contribution in [0.3, 0.4) is 0 Å². The first-order valence-electron chi connectivity index (χ1n) is 8.27. The van der Waals surface area contributed by atoms with Crippen molar-refractivity contribution in [3.8, 4) is 0 Å². The lowest BCUT2D eigenvalue weighted by molar-refractivity contribution is -0.167. The van der Waals surface area contributed by atoms with Crippen LogP contribution in [0.15, 0.2) is 30.3 Å². The molecule has 0 radical (unpaired) electrons. The molecule has 2 rings (SSSR count). The van der Waals surface area contributed by atoms with E-state index in [1.54, 1.807) is 0 Å². The van der Waals surface area contributed by atoms with Gasteiger partial charge in [0.25, 0.3) is 5.91 Å². The average molecular weight is 335 g/mol. The highest BCUT2D eigenvalue weighted by Gasteiger charge is 2.27. The van der Waals surface area contributed by atoms with E-state index in [-0.39, 0.29) is 18.4 Å². The zero-order chi connectivity index (χ0) is 17.4. The lowest BCUT2D eigenvalue weighted by atomic mass is 10.1. The molecule has 7 nitrogen and oxygen atoms in total. The van der Waals surface area contributed by atoms with Gasteiger partial charge in [-0.15, -0.1) is 0 Å². The molecule has 0 bridgehead atoms. The highest BCUT2D eigenvalue weighted by atomic mass is 16.6. The molecule has 0 saturated carbocycles. The zero-order valence-electron chi connectivity index (χ0n) is 13.9. The van der Waals surface area contributed by atoms with Crippen molar-refractivity contribution in [3.63, 3.8) is 0 Å². The molecule has 24 heavy (non-hydrogen) atoms. The van der Waals surface area contributed by atoms with Crippen LogP contribution in [-0.2, 0) is 21.0 Å². The normalized spacial score (nSPS) is 19.7. The molecule has 2 amide bonds. The van der Waals surface area contributed by atoms with E-state index in [4.69, 9.17) is 4.84 Å². The van der Waals surface area contributed by atoms with Crippen molar-refractivity contribution >= 4 is 11.8 Å². The van der Waals surface area contributed by atoms with Crippen LogP contribution < -0.4 is 10.8 Å². The Morgan fingerprint density at radius 2 is 2.12 bits per heavy atom. The minimum atomic E-state index is -0.651. The van der Waals surface area contributed by atoms with Gasteiger partial charge >= 0.3 is 0 Å². The summed E-state index contributed by atoms with van der Waals surface area (Å²) in [5, 5.41) is 12.9. The van der Waals surface area contributed by atoms with Gasteiger partial charge in [0.2, 0.25) is 5.91 Å². The summed E-state index contributed by atoms with van der Waals surface area (Å²) < 4.78 is 0. The van der Waals surface area contributed by atoms with E-state index >= 15 is 0 Å². The smallest absolute Gasteiger partial charge is 0.268 e. The fourth-order valence-corrected chi connectivity index (χ4v) is 2.57. The van der Waals surface area contributed by atoms with E-state index in [1.165, 1.54) is 0 Å². The third kappa shape index (κ3) is 5.92. The molecule has 1 aromatic rings. The van der Waals surface area contributed by atoms with Crippen LogP contribution >= 0.6 is 0 Å². The van der Waals surface area contributed by atoms with Crippen LogP contribution in [0.5, 0.6) is 0 Å². The maximum atomic E-state index is 12.1. The maximum absolute atomic E-state index is 12.1. The number of hydrogen-bond acceptors (Lipinski definition) is 5. The third-order valence-electron chi connectivity index (χ3n) is 3.86.